The molecule has 1 N–H and O–H groups in total. The van der Waals surface area contributed by atoms with Gasteiger partial charge in [-0.15, -0.1) is 11.8 Å². The van der Waals surface area contributed by atoms with Gasteiger partial charge in [-0.2, -0.15) is 0 Å². The lowest BCUT2D eigenvalue weighted by Crippen LogP contribution is -2.21. The van der Waals surface area contributed by atoms with Crippen LogP contribution in [0, 0.1) is 11.8 Å². The summed E-state index contributed by atoms with van der Waals surface area (Å²) in [7, 11) is 0. The molecule has 19 heavy (non-hydrogen) atoms. The Morgan fingerprint density at radius 1 is 1.16 bits per heavy atom. The number of nitrogens with one attached hydrogen (secondary N) is 1. The van der Waals surface area contributed by atoms with E-state index in [-0.39, 0.29) is 5.41 Å². The van der Waals surface area contributed by atoms with Crippen LogP contribution in [0.2, 0.25) is 0 Å². The Balaban J connectivity index is 2.81. The van der Waals surface area contributed by atoms with E-state index in [1.165, 1.54) is 11.1 Å². The maximum Gasteiger partial charge on any atom is 0.0329 e. The topological polar surface area (TPSA) is 12.0 Å². The Morgan fingerprint density at radius 2 is 1.79 bits per heavy atom. The summed E-state index contributed by atoms with van der Waals surface area (Å²) in [4.78, 5) is 0. The van der Waals surface area contributed by atoms with Crippen molar-refractivity contribution in [1.29, 1.82) is 0 Å². The van der Waals surface area contributed by atoms with Crippen LogP contribution in [0.15, 0.2) is 24.3 Å². The van der Waals surface area contributed by atoms with E-state index < -0.39 is 0 Å². The van der Waals surface area contributed by atoms with Gasteiger partial charge in [-0.05, 0) is 36.4 Å². The number of hydrogen-bond acceptors (Lipinski definition) is 1. The van der Waals surface area contributed by atoms with E-state index in [4.69, 9.17) is 0 Å². The van der Waals surface area contributed by atoms with Crippen LogP contribution in [0.25, 0.3) is 0 Å². The molecule has 0 spiro atoms. The van der Waals surface area contributed by atoms with Gasteiger partial charge in [-0.3, -0.25) is 0 Å². The molecule has 1 aromatic rings. The maximum atomic E-state index is 3.55. The fourth-order valence-corrected chi connectivity index (χ4v) is 2.19. The first kappa shape index (κ1) is 15.8. The molecule has 0 bridgehead atoms. The van der Waals surface area contributed by atoms with Crippen LogP contribution < -0.4 is 5.32 Å². The van der Waals surface area contributed by atoms with Crippen molar-refractivity contribution in [2.24, 2.45) is 0 Å². The van der Waals surface area contributed by atoms with E-state index in [1.54, 1.807) is 0 Å². The molecule has 0 radical (unpaired) electrons. The molecular formula is C18H27N. The quantitative estimate of drug-likeness (QED) is 0.769. The largest absolute Gasteiger partial charge is 0.310 e. The van der Waals surface area contributed by atoms with Gasteiger partial charge in [0.15, 0.2) is 0 Å². The van der Waals surface area contributed by atoms with Crippen molar-refractivity contribution in [2.75, 3.05) is 6.54 Å². The highest BCUT2D eigenvalue weighted by atomic mass is 14.9. The molecule has 0 fully saturated rings. The van der Waals surface area contributed by atoms with Crippen molar-refractivity contribution in [3.63, 3.8) is 0 Å². The van der Waals surface area contributed by atoms with Crippen molar-refractivity contribution < 1.29 is 0 Å². The second kappa shape index (κ2) is 7.36. The van der Waals surface area contributed by atoms with Gasteiger partial charge in [0.05, 0.1) is 0 Å². The third-order valence-corrected chi connectivity index (χ3v) is 3.36. The molecule has 1 rings (SSSR count). The zero-order valence-corrected chi connectivity index (χ0v) is 13.0. The van der Waals surface area contributed by atoms with E-state index in [0.717, 1.165) is 19.4 Å². The van der Waals surface area contributed by atoms with Crippen molar-refractivity contribution in [3.8, 4) is 11.8 Å². The molecule has 1 atom stereocenters. The lowest BCUT2D eigenvalue weighted by atomic mass is 9.86. The number of hydrogen-bond donors (Lipinski definition) is 1. The zero-order valence-electron chi connectivity index (χ0n) is 13.0. The second-order valence-electron chi connectivity index (χ2n) is 5.95. The minimum absolute atomic E-state index is 0.222. The molecule has 1 heteroatoms. The van der Waals surface area contributed by atoms with Crippen LogP contribution in [0.4, 0.5) is 0 Å². The summed E-state index contributed by atoms with van der Waals surface area (Å²) < 4.78 is 0. The lowest BCUT2D eigenvalue weighted by Gasteiger charge is -2.22. The number of benzene rings is 1. The second-order valence-corrected chi connectivity index (χ2v) is 5.95. The van der Waals surface area contributed by atoms with Crippen LogP contribution in [-0.4, -0.2) is 6.54 Å². The van der Waals surface area contributed by atoms with Crippen LogP contribution in [0.3, 0.4) is 0 Å². The molecule has 0 aromatic heterocycles. The average molecular weight is 257 g/mol. The molecule has 0 amide bonds. The summed E-state index contributed by atoms with van der Waals surface area (Å²) in [5.41, 5.74) is 2.98. The fraction of sp³-hybridized carbons (Fsp3) is 0.556. The van der Waals surface area contributed by atoms with Gasteiger partial charge in [-0.25, -0.2) is 0 Å². The highest BCUT2D eigenvalue weighted by Crippen LogP contribution is 2.25. The van der Waals surface area contributed by atoms with E-state index in [1.807, 2.05) is 6.92 Å². The van der Waals surface area contributed by atoms with Gasteiger partial charge >= 0.3 is 0 Å². The predicted octanol–water partition coefficient (Wildman–Crippen LogP) is 4.44. The highest BCUT2D eigenvalue weighted by Gasteiger charge is 2.15. The summed E-state index contributed by atoms with van der Waals surface area (Å²) in [6, 6.07) is 9.44. The average Bonchev–Trinajstić information content (AvgIpc) is 2.37. The minimum atomic E-state index is 0.222. The molecule has 0 aliphatic carbocycles. The van der Waals surface area contributed by atoms with Gasteiger partial charge in [0.1, 0.15) is 0 Å². The zero-order chi connectivity index (χ0) is 14.3. The van der Waals surface area contributed by atoms with Crippen molar-refractivity contribution in [2.45, 2.75) is 58.9 Å². The Labute approximate surface area is 118 Å². The van der Waals surface area contributed by atoms with Gasteiger partial charge < -0.3 is 5.32 Å². The summed E-state index contributed by atoms with van der Waals surface area (Å²) in [6.45, 7) is 11.8. The van der Waals surface area contributed by atoms with Crippen molar-refractivity contribution >= 4 is 0 Å². The fourth-order valence-electron chi connectivity index (χ4n) is 2.19. The molecule has 0 aliphatic rings. The van der Waals surface area contributed by atoms with Crippen molar-refractivity contribution in [1.82, 2.24) is 5.32 Å². The molecule has 0 saturated carbocycles. The first-order valence-electron chi connectivity index (χ1n) is 7.22. The van der Waals surface area contributed by atoms with E-state index in [0.29, 0.717) is 6.04 Å². The normalized spacial score (nSPS) is 12.7. The molecule has 0 heterocycles. The van der Waals surface area contributed by atoms with Crippen molar-refractivity contribution in [3.05, 3.63) is 35.4 Å². The molecule has 0 saturated heterocycles. The first-order chi connectivity index (χ1) is 8.99. The van der Waals surface area contributed by atoms with Gasteiger partial charge in [0.25, 0.3) is 0 Å². The van der Waals surface area contributed by atoms with E-state index in [2.05, 4.69) is 69.1 Å². The number of rotatable bonds is 5. The molecule has 1 unspecified atom stereocenters. The first-order valence-corrected chi connectivity index (χ1v) is 7.22. The Bertz CT molecular complexity index is 425. The third kappa shape index (κ3) is 5.09. The molecular weight excluding hydrogens is 230 g/mol. The molecule has 1 nitrogen and oxygen atoms in total. The smallest absolute Gasteiger partial charge is 0.0329 e. The van der Waals surface area contributed by atoms with E-state index >= 15 is 0 Å². The van der Waals surface area contributed by atoms with Crippen LogP contribution in [0.1, 0.15) is 64.6 Å². The third-order valence-electron chi connectivity index (χ3n) is 3.36. The minimum Gasteiger partial charge on any atom is -0.310 e. The molecule has 1 aromatic carbocycles. The van der Waals surface area contributed by atoms with Gasteiger partial charge in [-0.1, -0.05) is 52.0 Å². The van der Waals surface area contributed by atoms with Gasteiger partial charge in [0.2, 0.25) is 0 Å². The highest BCUT2D eigenvalue weighted by molar-refractivity contribution is 5.29. The summed E-state index contributed by atoms with van der Waals surface area (Å²) in [6.07, 6.45) is 2.03. The molecule has 104 valence electrons. The molecule has 0 aliphatic heterocycles. The summed E-state index contributed by atoms with van der Waals surface area (Å²) in [5, 5.41) is 3.55. The Kier molecular flexibility index (Phi) is 6.12. The summed E-state index contributed by atoms with van der Waals surface area (Å²) in [5.74, 6) is 6.12. The lowest BCUT2D eigenvalue weighted by molar-refractivity contribution is 0.521. The Hall–Kier alpha value is -1.26. The SMILES string of the molecule is CC#CCCC(NCC)c1ccc(C(C)(C)C)cc1. The van der Waals surface area contributed by atoms with Gasteiger partial charge in [0, 0.05) is 12.5 Å². The van der Waals surface area contributed by atoms with Crippen LogP contribution in [0.5, 0.6) is 0 Å². The van der Waals surface area contributed by atoms with E-state index in [9.17, 15) is 0 Å². The maximum absolute atomic E-state index is 3.55. The standard InChI is InChI=1S/C18H27N/c1-6-8-9-10-17(19-7-2)15-11-13-16(14-12-15)18(3,4)5/h11-14,17,19H,7,9-10H2,1-5H3. The van der Waals surface area contributed by atoms with Crippen LogP contribution >= 0.6 is 0 Å². The van der Waals surface area contributed by atoms with Crippen LogP contribution in [-0.2, 0) is 5.41 Å². The predicted molar refractivity (Wildman–Crippen MR) is 84.2 cm³/mol. The monoisotopic (exact) mass is 257 g/mol. The summed E-state index contributed by atoms with van der Waals surface area (Å²) >= 11 is 0. The Morgan fingerprint density at radius 3 is 2.26 bits per heavy atom.